The molecule has 1 aromatic carbocycles. The highest BCUT2D eigenvalue weighted by Gasteiger charge is 2.35. The van der Waals surface area contributed by atoms with Crippen LogP contribution in [0.3, 0.4) is 0 Å². The zero-order chi connectivity index (χ0) is 17.3. The molecule has 1 saturated carbocycles. The number of amides is 2. The minimum atomic E-state index is -0.693. The Morgan fingerprint density at radius 1 is 1.33 bits per heavy atom. The fourth-order valence-corrected chi connectivity index (χ4v) is 3.47. The van der Waals surface area contributed by atoms with Crippen molar-refractivity contribution in [2.24, 2.45) is 11.8 Å². The first kappa shape index (κ1) is 17.0. The maximum Gasteiger partial charge on any atom is 0.249 e. The van der Waals surface area contributed by atoms with E-state index in [4.69, 9.17) is 0 Å². The predicted octanol–water partition coefficient (Wildman–Crippen LogP) is 1.88. The van der Waals surface area contributed by atoms with Gasteiger partial charge in [0.25, 0.3) is 0 Å². The molecule has 130 valence electrons. The third kappa shape index (κ3) is 3.61. The van der Waals surface area contributed by atoms with Crippen LogP contribution in [-0.4, -0.2) is 36.1 Å². The van der Waals surface area contributed by atoms with Crippen LogP contribution in [0.25, 0.3) is 0 Å². The number of nitrogens with one attached hydrogen (secondary N) is 1. The summed E-state index contributed by atoms with van der Waals surface area (Å²) in [7, 11) is 1.75. The average Bonchev–Trinajstić information content (AvgIpc) is 3.39. The molecule has 2 N–H and O–H groups in total. The summed E-state index contributed by atoms with van der Waals surface area (Å²) in [5, 5.41) is 12.8. The minimum absolute atomic E-state index is 0.0935. The summed E-state index contributed by atoms with van der Waals surface area (Å²) in [5.74, 6) is -0.174. The normalized spacial score (nSPS) is 23.2. The van der Waals surface area contributed by atoms with E-state index >= 15 is 0 Å². The third-order valence-corrected chi connectivity index (χ3v) is 5.20. The number of nitrogens with zero attached hydrogens (tertiary/aromatic N) is 1. The number of carbonyl (C=O) groups excluding carboxylic acids is 2. The van der Waals surface area contributed by atoms with Gasteiger partial charge in [-0.05, 0) is 43.7 Å². The van der Waals surface area contributed by atoms with Gasteiger partial charge in [0.1, 0.15) is 6.04 Å². The molecule has 1 heterocycles. The molecular formula is C19H26N2O3. The SMILES string of the molecule is C[C@H](O)[C@@H](CC1CC1)C(=O)N[C@H]1CCc2ccccc2N(C)C1=O. The van der Waals surface area contributed by atoms with E-state index < -0.39 is 18.1 Å². The van der Waals surface area contributed by atoms with Crippen LogP contribution in [0.15, 0.2) is 24.3 Å². The van der Waals surface area contributed by atoms with E-state index in [1.807, 2.05) is 24.3 Å². The highest BCUT2D eigenvalue weighted by molar-refractivity contribution is 6.00. The van der Waals surface area contributed by atoms with E-state index in [9.17, 15) is 14.7 Å². The Kier molecular flexibility index (Phi) is 4.90. The van der Waals surface area contributed by atoms with Gasteiger partial charge in [0, 0.05) is 12.7 Å². The predicted molar refractivity (Wildman–Crippen MR) is 92.6 cm³/mol. The molecule has 5 heteroatoms. The number of rotatable bonds is 5. The summed E-state index contributed by atoms with van der Waals surface area (Å²) in [6.07, 6.45) is 3.62. The number of aliphatic hydroxyl groups excluding tert-OH is 1. The number of carbonyl (C=O) groups is 2. The van der Waals surface area contributed by atoms with Gasteiger partial charge in [-0.25, -0.2) is 0 Å². The monoisotopic (exact) mass is 330 g/mol. The Labute approximate surface area is 143 Å². The first-order valence-electron chi connectivity index (χ1n) is 8.81. The molecule has 1 fully saturated rings. The summed E-state index contributed by atoms with van der Waals surface area (Å²) in [5.41, 5.74) is 2.03. The summed E-state index contributed by atoms with van der Waals surface area (Å²) in [6.45, 7) is 1.66. The number of anilines is 1. The molecule has 0 spiro atoms. The van der Waals surface area contributed by atoms with Crippen LogP contribution in [0, 0.1) is 11.8 Å². The molecule has 0 saturated heterocycles. The topological polar surface area (TPSA) is 69.6 Å². The van der Waals surface area contributed by atoms with Gasteiger partial charge in [0.05, 0.1) is 12.0 Å². The van der Waals surface area contributed by atoms with E-state index in [0.29, 0.717) is 18.8 Å². The second-order valence-corrected chi connectivity index (χ2v) is 7.15. The molecule has 0 radical (unpaired) electrons. The number of aliphatic hydroxyl groups is 1. The number of benzene rings is 1. The molecule has 2 amide bonds. The van der Waals surface area contributed by atoms with Gasteiger partial charge in [-0.2, -0.15) is 0 Å². The lowest BCUT2D eigenvalue weighted by Crippen LogP contribution is -2.49. The molecule has 24 heavy (non-hydrogen) atoms. The van der Waals surface area contributed by atoms with Crippen molar-refractivity contribution in [1.82, 2.24) is 5.32 Å². The van der Waals surface area contributed by atoms with E-state index in [0.717, 1.165) is 30.5 Å². The van der Waals surface area contributed by atoms with Crippen LogP contribution in [0.4, 0.5) is 5.69 Å². The van der Waals surface area contributed by atoms with Gasteiger partial charge in [0.15, 0.2) is 0 Å². The van der Waals surface area contributed by atoms with Crippen LogP contribution in [-0.2, 0) is 16.0 Å². The Morgan fingerprint density at radius 3 is 2.71 bits per heavy atom. The Hall–Kier alpha value is -1.88. The van der Waals surface area contributed by atoms with Crippen molar-refractivity contribution in [3.8, 4) is 0 Å². The van der Waals surface area contributed by atoms with Crippen molar-refractivity contribution in [2.45, 2.75) is 51.2 Å². The molecule has 2 aliphatic rings. The lowest BCUT2D eigenvalue weighted by molar-refractivity contribution is -0.132. The second-order valence-electron chi connectivity index (χ2n) is 7.15. The van der Waals surface area contributed by atoms with Gasteiger partial charge in [-0.3, -0.25) is 9.59 Å². The highest BCUT2D eigenvalue weighted by Crippen LogP contribution is 2.36. The van der Waals surface area contributed by atoms with E-state index in [2.05, 4.69) is 5.32 Å². The van der Waals surface area contributed by atoms with Gasteiger partial charge >= 0.3 is 0 Å². The maximum absolute atomic E-state index is 12.7. The zero-order valence-electron chi connectivity index (χ0n) is 14.4. The number of para-hydroxylation sites is 1. The zero-order valence-corrected chi connectivity index (χ0v) is 14.4. The quantitative estimate of drug-likeness (QED) is 0.866. The van der Waals surface area contributed by atoms with Crippen molar-refractivity contribution in [2.75, 3.05) is 11.9 Å². The van der Waals surface area contributed by atoms with Crippen molar-refractivity contribution in [3.63, 3.8) is 0 Å². The summed E-state index contributed by atoms with van der Waals surface area (Å²) >= 11 is 0. The van der Waals surface area contributed by atoms with Crippen LogP contribution in [0.1, 0.15) is 38.2 Å². The van der Waals surface area contributed by atoms with Gasteiger partial charge in [-0.1, -0.05) is 31.0 Å². The smallest absolute Gasteiger partial charge is 0.249 e. The number of likely N-dealkylation sites (N-methyl/N-ethyl adjacent to an activating group) is 1. The summed E-state index contributed by atoms with van der Waals surface area (Å²) in [6, 6.07) is 7.31. The Morgan fingerprint density at radius 2 is 2.04 bits per heavy atom. The maximum atomic E-state index is 12.7. The fourth-order valence-electron chi connectivity index (χ4n) is 3.47. The molecule has 1 aliphatic carbocycles. The second kappa shape index (κ2) is 6.93. The van der Waals surface area contributed by atoms with Crippen LogP contribution in [0.5, 0.6) is 0 Å². The Bertz CT molecular complexity index is 625. The molecule has 0 unspecified atom stereocenters. The van der Waals surface area contributed by atoms with Crippen LogP contribution in [0.2, 0.25) is 0 Å². The third-order valence-electron chi connectivity index (χ3n) is 5.20. The molecule has 0 bridgehead atoms. The average molecular weight is 330 g/mol. The van der Waals surface area contributed by atoms with E-state index in [1.165, 1.54) is 0 Å². The molecule has 0 aromatic heterocycles. The van der Waals surface area contributed by atoms with Gasteiger partial charge in [0.2, 0.25) is 11.8 Å². The van der Waals surface area contributed by atoms with Crippen molar-refractivity contribution >= 4 is 17.5 Å². The molecule has 1 aromatic rings. The van der Waals surface area contributed by atoms with Gasteiger partial charge < -0.3 is 15.3 Å². The van der Waals surface area contributed by atoms with Gasteiger partial charge in [-0.15, -0.1) is 0 Å². The standard InChI is InChI=1S/C19H26N2O3/c1-12(22)15(11-13-7-8-13)18(23)20-16-10-9-14-5-3-4-6-17(14)21(2)19(16)24/h3-6,12-13,15-16,22H,7-11H2,1-2H3,(H,20,23)/t12-,15+,16-/m0/s1. The van der Waals surface area contributed by atoms with E-state index in [1.54, 1.807) is 18.9 Å². The van der Waals surface area contributed by atoms with Crippen molar-refractivity contribution < 1.29 is 14.7 Å². The number of fused-ring (bicyclic) bond motifs is 1. The lowest BCUT2D eigenvalue weighted by Gasteiger charge is -2.25. The minimum Gasteiger partial charge on any atom is -0.393 e. The number of hydrogen-bond donors (Lipinski definition) is 2. The lowest BCUT2D eigenvalue weighted by atomic mass is 9.95. The van der Waals surface area contributed by atoms with E-state index in [-0.39, 0.29) is 11.8 Å². The fraction of sp³-hybridized carbons (Fsp3) is 0.579. The number of aryl methyl sites for hydroxylation is 1. The van der Waals surface area contributed by atoms with Crippen molar-refractivity contribution in [3.05, 3.63) is 29.8 Å². The highest BCUT2D eigenvalue weighted by atomic mass is 16.3. The van der Waals surface area contributed by atoms with Crippen LogP contribution >= 0.6 is 0 Å². The molecule has 5 nitrogen and oxygen atoms in total. The molecular weight excluding hydrogens is 304 g/mol. The first-order chi connectivity index (χ1) is 11.5. The molecule has 3 atom stereocenters. The first-order valence-corrected chi connectivity index (χ1v) is 8.81. The Balaban J connectivity index is 1.70. The molecule has 3 rings (SSSR count). The summed E-state index contributed by atoms with van der Waals surface area (Å²) < 4.78 is 0. The van der Waals surface area contributed by atoms with Crippen molar-refractivity contribution in [1.29, 1.82) is 0 Å². The largest absolute Gasteiger partial charge is 0.393 e. The number of hydrogen-bond acceptors (Lipinski definition) is 3. The summed E-state index contributed by atoms with van der Waals surface area (Å²) in [4.78, 5) is 27.0. The molecule has 1 aliphatic heterocycles. The van der Waals surface area contributed by atoms with Crippen LogP contribution < -0.4 is 10.2 Å².